The highest BCUT2D eigenvalue weighted by atomic mass is 16.6. The van der Waals surface area contributed by atoms with Gasteiger partial charge in [0.15, 0.2) is 0 Å². The van der Waals surface area contributed by atoms with Crippen molar-refractivity contribution in [3.63, 3.8) is 0 Å². The molecule has 1 heterocycles. The first-order valence-electron chi connectivity index (χ1n) is 4.17. The lowest BCUT2D eigenvalue weighted by molar-refractivity contribution is -0.393. The topological polar surface area (TPSA) is 48.1 Å². The lowest BCUT2D eigenvalue weighted by Crippen LogP contribution is -2.22. The van der Waals surface area contributed by atoms with Gasteiger partial charge < -0.3 is 10.1 Å². The van der Waals surface area contributed by atoms with Crippen LogP contribution in [0.4, 0.5) is 5.82 Å². The van der Waals surface area contributed by atoms with Gasteiger partial charge in [-0.1, -0.05) is 0 Å². The maximum absolute atomic E-state index is 10.7. The van der Waals surface area contributed by atoms with Crippen LogP contribution in [0, 0.1) is 17.0 Å². The lowest BCUT2D eigenvalue weighted by Gasteiger charge is -2.17. The highest BCUT2D eigenvalue weighted by Crippen LogP contribution is 2.26. The summed E-state index contributed by atoms with van der Waals surface area (Å²) >= 11 is 0. The van der Waals surface area contributed by atoms with Crippen LogP contribution in [0.1, 0.15) is 26.3 Å². The van der Waals surface area contributed by atoms with Crippen LogP contribution in [0.3, 0.4) is 0 Å². The average Bonchev–Trinajstić information content (AvgIpc) is 2.28. The van der Waals surface area contributed by atoms with Crippen LogP contribution in [0.5, 0.6) is 0 Å². The standard InChI is InChI=1S/C9H14N2O2/c1-7-5-6-10(9(2,3)4)8(7)11(12)13/h5-6H,1-4H3. The van der Waals surface area contributed by atoms with Gasteiger partial charge in [0, 0.05) is 5.56 Å². The van der Waals surface area contributed by atoms with Crippen molar-refractivity contribution >= 4 is 5.82 Å². The van der Waals surface area contributed by atoms with E-state index in [1.54, 1.807) is 23.8 Å². The molecule has 13 heavy (non-hydrogen) atoms. The normalized spacial score (nSPS) is 11.7. The predicted molar refractivity (Wildman–Crippen MR) is 50.8 cm³/mol. The van der Waals surface area contributed by atoms with E-state index >= 15 is 0 Å². The van der Waals surface area contributed by atoms with E-state index in [0.29, 0.717) is 5.56 Å². The molecule has 1 aromatic rings. The molecule has 0 aliphatic heterocycles. The number of aromatic nitrogens is 1. The summed E-state index contributed by atoms with van der Waals surface area (Å²) in [6, 6.07) is 1.77. The number of nitro groups is 1. The third-order valence-corrected chi connectivity index (χ3v) is 1.95. The van der Waals surface area contributed by atoms with Gasteiger partial charge in [-0.15, -0.1) is 0 Å². The summed E-state index contributed by atoms with van der Waals surface area (Å²) in [7, 11) is 0. The van der Waals surface area contributed by atoms with E-state index in [1.807, 2.05) is 20.8 Å². The van der Waals surface area contributed by atoms with Crippen molar-refractivity contribution in [3.05, 3.63) is 27.9 Å². The number of rotatable bonds is 1. The fraction of sp³-hybridized carbons (Fsp3) is 0.556. The monoisotopic (exact) mass is 182 g/mol. The highest BCUT2D eigenvalue weighted by Gasteiger charge is 2.26. The SMILES string of the molecule is Cc1ccn(C(C)(C)C)c1[N+](=O)[O-]. The summed E-state index contributed by atoms with van der Waals surface area (Å²) in [4.78, 5) is 10.4. The Hall–Kier alpha value is -1.32. The van der Waals surface area contributed by atoms with Crippen molar-refractivity contribution < 1.29 is 4.92 Å². The number of hydrogen-bond acceptors (Lipinski definition) is 2. The van der Waals surface area contributed by atoms with Gasteiger partial charge in [0.1, 0.15) is 5.54 Å². The first-order chi connectivity index (χ1) is 5.84. The summed E-state index contributed by atoms with van der Waals surface area (Å²) in [5.74, 6) is 0.188. The second kappa shape index (κ2) is 2.87. The lowest BCUT2D eigenvalue weighted by atomic mass is 10.1. The second-order valence-corrected chi connectivity index (χ2v) is 4.12. The van der Waals surface area contributed by atoms with E-state index in [-0.39, 0.29) is 16.3 Å². The van der Waals surface area contributed by atoms with Gasteiger partial charge in [-0.3, -0.25) is 0 Å². The molecule has 0 aromatic carbocycles. The van der Waals surface area contributed by atoms with Crippen molar-refractivity contribution in [2.24, 2.45) is 0 Å². The minimum Gasteiger partial charge on any atom is -0.358 e. The van der Waals surface area contributed by atoms with Crippen molar-refractivity contribution in [2.45, 2.75) is 33.2 Å². The van der Waals surface area contributed by atoms with Crippen molar-refractivity contribution in [3.8, 4) is 0 Å². The Kier molecular flexibility index (Phi) is 2.15. The molecule has 0 fully saturated rings. The summed E-state index contributed by atoms with van der Waals surface area (Å²) in [5, 5.41) is 10.7. The summed E-state index contributed by atoms with van der Waals surface area (Å²) < 4.78 is 1.68. The smallest absolute Gasteiger partial charge is 0.326 e. The molecule has 0 bridgehead atoms. The van der Waals surface area contributed by atoms with Crippen molar-refractivity contribution in [2.75, 3.05) is 0 Å². The van der Waals surface area contributed by atoms with Crippen LogP contribution in [-0.4, -0.2) is 9.49 Å². The van der Waals surface area contributed by atoms with Crippen molar-refractivity contribution in [1.29, 1.82) is 0 Å². The molecule has 0 aliphatic rings. The summed E-state index contributed by atoms with van der Waals surface area (Å²) in [6.07, 6.45) is 1.76. The summed E-state index contributed by atoms with van der Waals surface area (Å²) in [6.45, 7) is 7.58. The van der Waals surface area contributed by atoms with Crippen molar-refractivity contribution in [1.82, 2.24) is 4.57 Å². The fourth-order valence-electron chi connectivity index (χ4n) is 1.29. The molecule has 0 N–H and O–H groups in total. The molecular weight excluding hydrogens is 168 g/mol. The quantitative estimate of drug-likeness (QED) is 0.494. The largest absolute Gasteiger partial charge is 0.358 e. The van der Waals surface area contributed by atoms with Gasteiger partial charge in [-0.25, -0.2) is 4.57 Å². The van der Waals surface area contributed by atoms with Gasteiger partial charge in [0.2, 0.25) is 0 Å². The number of nitrogens with zero attached hydrogens (tertiary/aromatic N) is 2. The van der Waals surface area contributed by atoms with Gasteiger partial charge >= 0.3 is 5.82 Å². The molecular formula is C9H14N2O2. The molecule has 0 spiro atoms. The first kappa shape index (κ1) is 9.77. The van der Waals surface area contributed by atoms with Crippen LogP contribution < -0.4 is 0 Å². The average molecular weight is 182 g/mol. The maximum Gasteiger partial charge on any atom is 0.326 e. The van der Waals surface area contributed by atoms with E-state index in [1.165, 1.54) is 0 Å². The molecule has 0 amide bonds. The molecule has 0 saturated heterocycles. The molecule has 0 saturated carbocycles. The Morgan fingerprint density at radius 3 is 2.31 bits per heavy atom. The molecule has 4 nitrogen and oxygen atoms in total. The maximum atomic E-state index is 10.7. The highest BCUT2D eigenvalue weighted by molar-refractivity contribution is 5.34. The Bertz CT molecular complexity index is 334. The van der Waals surface area contributed by atoms with Crippen LogP contribution in [0.25, 0.3) is 0 Å². The fourth-order valence-corrected chi connectivity index (χ4v) is 1.29. The molecule has 1 aromatic heterocycles. The van der Waals surface area contributed by atoms with Crippen LogP contribution in [0.2, 0.25) is 0 Å². The number of hydrogen-bond donors (Lipinski definition) is 0. The molecule has 0 radical (unpaired) electrons. The summed E-state index contributed by atoms with van der Waals surface area (Å²) in [5.41, 5.74) is 0.469. The van der Waals surface area contributed by atoms with Gasteiger partial charge in [0.25, 0.3) is 0 Å². The first-order valence-corrected chi connectivity index (χ1v) is 4.17. The molecule has 0 aliphatic carbocycles. The Labute approximate surface area is 77.3 Å². The second-order valence-electron chi connectivity index (χ2n) is 4.12. The van der Waals surface area contributed by atoms with Gasteiger partial charge in [0.05, 0.1) is 6.20 Å². The zero-order valence-electron chi connectivity index (χ0n) is 8.37. The van der Waals surface area contributed by atoms with E-state index in [4.69, 9.17) is 0 Å². The minimum absolute atomic E-state index is 0.188. The molecule has 72 valence electrons. The molecule has 0 atom stereocenters. The van der Waals surface area contributed by atoms with Crippen LogP contribution in [-0.2, 0) is 5.54 Å². The molecule has 1 rings (SSSR count). The number of aryl methyl sites for hydroxylation is 1. The third kappa shape index (κ3) is 1.71. The third-order valence-electron chi connectivity index (χ3n) is 1.95. The van der Waals surface area contributed by atoms with E-state index in [9.17, 15) is 10.1 Å². The molecule has 4 heteroatoms. The molecule has 0 unspecified atom stereocenters. The van der Waals surface area contributed by atoms with Crippen LogP contribution >= 0.6 is 0 Å². The predicted octanol–water partition coefficient (Wildman–Crippen LogP) is 2.46. The van der Waals surface area contributed by atoms with E-state index < -0.39 is 0 Å². The zero-order valence-corrected chi connectivity index (χ0v) is 8.37. The Morgan fingerprint density at radius 2 is 2.00 bits per heavy atom. The zero-order chi connectivity index (χ0) is 10.2. The van der Waals surface area contributed by atoms with Gasteiger partial charge in [-0.05, 0) is 38.7 Å². The Balaban J connectivity index is 3.31. The Morgan fingerprint density at radius 1 is 1.46 bits per heavy atom. The van der Waals surface area contributed by atoms with Crippen LogP contribution in [0.15, 0.2) is 12.3 Å². The van der Waals surface area contributed by atoms with E-state index in [0.717, 1.165) is 0 Å². The van der Waals surface area contributed by atoms with E-state index in [2.05, 4.69) is 0 Å². The minimum atomic E-state index is -0.333. The van der Waals surface area contributed by atoms with Gasteiger partial charge in [-0.2, -0.15) is 0 Å².